The minimum atomic E-state index is 0.0306. The molecule has 1 aromatic carbocycles. The average Bonchev–Trinajstić information content (AvgIpc) is 2.31. The van der Waals surface area contributed by atoms with Crippen molar-refractivity contribution in [3.05, 3.63) is 34.9 Å². The van der Waals surface area contributed by atoms with Crippen LogP contribution in [0.25, 0.3) is 0 Å². The quantitative estimate of drug-likeness (QED) is 0.798. The molecule has 0 saturated heterocycles. The van der Waals surface area contributed by atoms with Gasteiger partial charge in [0.1, 0.15) is 0 Å². The van der Waals surface area contributed by atoms with Crippen LogP contribution in [0.1, 0.15) is 32.3 Å². The summed E-state index contributed by atoms with van der Waals surface area (Å²) in [5.74, 6) is 0.0306. The van der Waals surface area contributed by atoms with E-state index in [0.29, 0.717) is 13.1 Å². The van der Waals surface area contributed by atoms with Crippen LogP contribution in [-0.2, 0) is 11.3 Å². The lowest BCUT2D eigenvalue weighted by molar-refractivity contribution is -0.120. The van der Waals surface area contributed by atoms with Gasteiger partial charge in [0.25, 0.3) is 0 Å². The molecule has 0 saturated carbocycles. The molecule has 1 atom stereocenters. The van der Waals surface area contributed by atoms with Crippen molar-refractivity contribution in [3.63, 3.8) is 0 Å². The Morgan fingerprint density at radius 3 is 2.78 bits per heavy atom. The Hall–Kier alpha value is -1.06. The van der Waals surface area contributed by atoms with Crippen LogP contribution in [0.3, 0.4) is 0 Å². The Labute approximate surface area is 114 Å². The third kappa shape index (κ3) is 5.52. The summed E-state index contributed by atoms with van der Waals surface area (Å²) in [6.07, 6.45) is 2.09. The van der Waals surface area contributed by atoms with Crippen LogP contribution in [0.4, 0.5) is 0 Å². The summed E-state index contributed by atoms with van der Waals surface area (Å²) in [6, 6.07) is 7.87. The van der Waals surface area contributed by atoms with E-state index >= 15 is 0 Å². The first-order chi connectivity index (χ1) is 8.63. The number of nitrogens with one attached hydrogen (secondary N) is 2. The Bertz CT molecular complexity index is 382. The number of rotatable bonds is 7. The molecule has 2 N–H and O–H groups in total. The Kier molecular flexibility index (Phi) is 6.76. The van der Waals surface area contributed by atoms with Gasteiger partial charge in [-0.1, -0.05) is 43.1 Å². The second kappa shape index (κ2) is 8.11. The minimum Gasteiger partial charge on any atom is -0.353 e. The van der Waals surface area contributed by atoms with Crippen LogP contribution < -0.4 is 10.6 Å². The van der Waals surface area contributed by atoms with Crippen molar-refractivity contribution in [1.82, 2.24) is 10.6 Å². The predicted molar refractivity (Wildman–Crippen MR) is 75.7 cm³/mol. The van der Waals surface area contributed by atoms with Crippen molar-refractivity contribution in [1.29, 1.82) is 0 Å². The molecule has 18 heavy (non-hydrogen) atoms. The highest BCUT2D eigenvalue weighted by Crippen LogP contribution is 2.13. The molecule has 0 bridgehead atoms. The number of halogens is 1. The fourth-order valence-electron chi connectivity index (χ4n) is 1.78. The van der Waals surface area contributed by atoms with E-state index in [2.05, 4.69) is 17.6 Å². The SMILES string of the molecule is CCCC(C)NC(=O)CNCc1ccccc1Cl. The number of hydrogen-bond acceptors (Lipinski definition) is 2. The van der Waals surface area contributed by atoms with Crippen LogP contribution in [-0.4, -0.2) is 18.5 Å². The lowest BCUT2D eigenvalue weighted by Crippen LogP contribution is -2.38. The van der Waals surface area contributed by atoms with Crippen LogP contribution in [0.15, 0.2) is 24.3 Å². The molecule has 0 radical (unpaired) electrons. The molecular weight excluding hydrogens is 248 g/mol. The van der Waals surface area contributed by atoms with E-state index in [9.17, 15) is 4.79 Å². The largest absolute Gasteiger partial charge is 0.353 e. The minimum absolute atomic E-state index is 0.0306. The van der Waals surface area contributed by atoms with E-state index in [1.54, 1.807) is 0 Å². The first-order valence-corrected chi connectivity index (χ1v) is 6.74. The molecular formula is C14H21ClN2O. The van der Waals surface area contributed by atoms with Gasteiger partial charge in [-0.2, -0.15) is 0 Å². The highest BCUT2D eigenvalue weighted by atomic mass is 35.5. The smallest absolute Gasteiger partial charge is 0.234 e. The number of benzene rings is 1. The van der Waals surface area contributed by atoms with Gasteiger partial charge in [-0.05, 0) is 25.0 Å². The van der Waals surface area contributed by atoms with Crippen LogP contribution >= 0.6 is 11.6 Å². The van der Waals surface area contributed by atoms with Crippen molar-refractivity contribution in [3.8, 4) is 0 Å². The van der Waals surface area contributed by atoms with Crippen molar-refractivity contribution >= 4 is 17.5 Å². The van der Waals surface area contributed by atoms with Crippen LogP contribution in [0, 0.1) is 0 Å². The van der Waals surface area contributed by atoms with Gasteiger partial charge in [0.2, 0.25) is 5.91 Å². The Morgan fingerprint density at radius 2 is 2.11 bits per heavy atom. The summed E-state index contributed by atoms with van der Waals surface area (Å²) >= 11 is 6.02. The van der Waals surface area contributed by atoms with Crippen molar-refractivity contribution < 1.29 is 4.79 Å². The molecule has 0 spiro atoms. The summed E-state index contributed by atoms with van der Waals surface area (Å²) in [5, 5.41) is 6.77. The molecule has 0 aliphatic rings. The number of amides is 1. The van der Waals surface area contributed by atoms with E-state index in [0.717, 1.165) is 23.4 Å². The zero-order valence-electron chi connectivity index (χ0n) is 11.0. The fourth-order valence-corrected chi connectivity index (χ4v) is 1.99. The van der Waals surface area contributed by atoms with Gasteiger partial charge in [0, 0.05) is 17.6 Å². The zero-order valence-corrected chi connectivity index (χ0v) is 11.8. The van der Waals surface area contributed by atoms with Gasteiger partial charge < -0.3 is 10.6 Å². The molecule has 0 heterocycles. The van der Waals surface area contributed by atoms with Gasteiger partial charge in [0.05, 0.1) is 6.54 Å². The number of hydrogen-bond donors (Lipinski definition) is 2. The molecule has 0 fully saturated rings. The molecule has 0 aliphatic heterocycles. The van der Waals surface area contributed by atoms with Crippen molar-refractivity contribution in [2.24, 2.45) is 0 Å². The predicted octanol–water partition coefficient (Wildman–Crippen LogP) is 2.73. The first-order valence-electron chi connectivity index (χ1n) is 6.37. The van der Waals surface area contributed by atoms with E-state index < -0.39 is 0 Å². The molecule has 1 aromatic rings. The van der Waals surface area contributed by atoms with Gasteiger partial charge in [-0.25, -0.2) is 0 Å². The topological polar surface area (TPSA) is 41.1 Å². The van der Waals surface area contributed by atoms with E-state index in [1.807, 2.05) is 31.2 Å². The highest BCUT2D eigenvalue weighted by molar-refractivity contribution is 6.31. The highest BCUT2D eigenvalue weighted by Gasteiger charge is 2.06. The molecule has 1 unspecified atom stereocenters. The van der Waals surface area contributed by atoms with Gasteiger partial charge >= 0.3 is 0 Å². The molecule has 4 heteroatoms. The molecule has 0 aliphatic carbocycles. The zero-order chi connectivity index (χ0) is 13.4. The molecule has 1 rings (SSSR count). The normalized spacial score (nSPS) is 12.2. The van der Waals surface area contributed by atoms with E-state index in [1.165, 1.54) is 0 Å². The average molecular weight is 269 g/mol. The summed E-state index contributed by atoms with van der Waals surface area (Å²) in [6.45, 7) is 5.06. The summed E-state index contributed by atoms with van der Waals surface area (Å²) < 4.78 is 0. The summed E-state index contributed by atoms with van der Waals surface area (Å²) in [5.41, 5.74) is 1.01. The van der Waals surface area contributed by atoms with Gasteiger partial charge in [-0.3, -0.25) is 4.79 Å². The maximum Gasteiger partial charge on any atom is 0.234 e. The maximum atomic E-state index is 11.6. The monoisotopic (exact) mass is 268 g/mol. The summed E-state index contributed by atoms with van der Waals surface area (Å²) in [7, 11) is 0. The lowest BCUT2D eigenvalue weighted by atomic mass is 10.2. The Balaban J connectivity index is 2.25. The Morgan fingerprint density at radius 1 is 1.39 bits per heavy atom. The molecule has 100 valence electrons. The van der Waals surface area contributed by atoms with E-state index in [-0.39, 0.29) is 11.9 Å². The maximum absolute atomic E-state index is 11.6. The molecule has 1 amide bonds. The first kappa shape index (κ1) is 15.0. The van der Waals surface area contributed by atoms with Gasteiger partial charge in [-0.15, -0.1) is 0 Å². The third-order valence-electron chi connectivity index (χ3n) is 2.69. The second-order valence-corrected chi connectivity index (χ2v) is 4.86. The number of carbonyl (C=O) groups is 1. The van der Waals surface area contributed by atoms with Gasteiger partial charge in [0.15, 0.2) is 0 Å². The third-order valence-corrected chi connectivity index (χ3v) is 3.06. The molecule has 3 nitrogen and oxygen atoms in total. The lowest BCUT2D eigenvalue weighted by Gasteiger charge is -2.13. The standard InChI is InChI=1S/C14H21ClN2O/c1-3-6-11(2)17-14(18)10-16-9-12-7-4-5-8-13(12)15/h4-5,7-8,11,16H,3,6,9-10H2,1-2H3,(H,17,18). The van der Waals surface area contributed by atoms with E-state index in [4.69, 9.17) is 11.6 Å². The van der Waals surface area contributed by atoms with Crippen molar-refractivity contribution in [2.45, 2.75) is 39.3 Å². The van der Waals surface area contributed by atoms with Crippen LogP contribution in [0.5, 0.6) is 0 Å². The van der Waals surface area contributed by atoms with Crippen molar-refractivity contribution in [2.75, 3.05) is 6.54 Å². The van der Waals surface area contributed by atoms with Crippen LogP contribution in [0.2, 0.25) is 5.02 Å². The summed E-state index contributed by atoms with van der Waals surface area (Å²) in [4.78, 5) is 11.6. The molecule has 0 aromatic heterocycles. The fraction of sp³-hybridized carbons (Fsp3) is 0.500. The number of carbonyl (C=O) groups excluding carboxylic acids is 1. The second-order valence-electron chi connectivity index (χ2n) is 4.45.